The lowest BCUT2D eigenvalue weighted by atomic mass is 10.0. The number of hydrogen-bond donors (Lipinski definition) is 4. The van der Waals surface area contributed by atoms with Gasteiger partial charge in [-0.2, -0.15) is 0 Å². The summed E-state index contributed by atoms with van der Waals surface area (Å²) in [5.41, 5.74) is 0.240. The topological polar surface area (TPSA) is 119 Å². The number of carboxylic acid groups (broad SMARTS) is 1. The Morgan fingerprint density at radius 1 is 1.38 bits per heavy atom. The highest BCUT2D eigenvalue weighted by molar-refractivity contribution is 6.38. The van der Waals surface area contributed by atoms with Gasteiger partial charge in [0.1, 0.15) is 17.0 Å². The van der Waals surface area contributed by atoms with Crippen LogP contribution in [0.1, 0.15) is 36.2 Å². The minimum absolute atomic E-state index is 0.00496. The Morgan fingerprint density at radius 2 is 2.05 bits per heavy atom. The van der Waals surface area contributed by atoms with E-state index in [2.05, 4.69) is 10.5 Å². The van der Waals surface area contributed by atoms with Gasteiger partial charge < -0.3 is 20.7 Å². The van der Waals surface area contributed by atoms with Gasteiger partial charge in [-0.25, -0.2) is 4.79 Å². The first kappa shape index (κ1) is 16.5. The highest BCUT2D eigenvalue weighted by Gasteiger charge is 2.17. The first-order valence-electron chi connectivity index (χ1n) is 6.46. The van der Waals surface area contributed by atoms with Crippen molar-refractivity contribution in [2.75, 3.05) is 0 Å². The summed E-state index contributed by atoms with van der Waals surface area (Å²) in [5, 5.41) is 33.0. The van der Waals surface area contributed by atoms with Crippen LogP contribution in [0.5, 0.6) is 5.75 Å². The molecule has 0 aliphatic heterocycles. The standard InChI is InChI=1S/C14H18N2O5/c1-3-11(16-21)13(18)15-8(2)7-9-5-4-6-10(12(9)17)14(19)20/h4-6,8,17,21H,3,7H2,1-2H3,(H,15,18)(H,19,20)/b16-11-/t8-/m1/s1. The fraction of sp³-hybridized carbons (Fsp3) is 0.357. The maximum atomic E-state index is 11.7. The molecule has 1 aromatic rings. The Kier molecular flexibility index (Phi) is 5.71. The van der Waals surface area contributed by atoms with Crippen LogP contribution in [0.3, 0.4) is 0 Å². The smallest absolute Gasteiger partial charge is 0.339 e. The highest BCUT2D eigenvalue weighted by Crippen LogP contribution is 2.23. The van der Waals surface area contributed by atoms with Crippen LogP contribution >= 0.6 is 0 Å². The van der Waals surface area contributed by atoms with Crippen LogP contribution in [0.25, 0.3) is 0 Å². The number of carbonyl (C=O) groups excluding carboxylic acids is 1. The van der Waals surface area contributed by atoms with Crippen LogP contribution in [-0.4, -0.2) is 39.1 Å². The quantitative estimate of drug-likeness (QED) is 0.359. The van der Waals surface area contributed by atoms with Crippen molar-refractivity contribution in [1.82, 2.24) is 5.32 Å². The molecular weight excluding hydrogens is 276 g/mol. The summed E-state index contributed by atoms with van der Waals surface area (Å²) in [7, 11) is 0. The van der Waals surface area contributed by atoms with E-state index < -0.39 is 11.9 Å². The number of carbonyl (C=O) groups is 2. The molecule has 0 spiro atoms. The number of nitrogens with zero attached hydrogens (tertiary/aromatic N) is 1. The molecule has 7 nitrogen and oxygen atoms in total. The molecule has 21 heavy (non-hydrogen) atoms. The van der Waals surface area contributed by atoms with Crippen LogP contribution in [0.4, 0.5) is 0 Å². The maximum Gasteiger partial charge on any atom is 0.339 e. The van der Waals surface area contributed by atoms with Crippen LogP contribution in [0.2, 0.25) is 0 Å². The average Bonchev–Trinajstić information content (AvgIpc) is 2.42. The molecule has 4 N–H and O–H groups in total. The second-order valence-corrected chi connectivity index (χ2v) is 4.60. The van der Waals surface area contributed by atoms with Crippen molar-refractivity contribution in [1.29, 1.82) is 0 Å². The minimum Gasteiger partial charge on any atom is -0.507 e. The van der Waals surface area contributed by atoms with Crippen molar-refractivity contribution >= 4 is 17.6 Å². The zero-order valence-electron chi connectivity index (χ0n) is 11.8. The Morgan fingerprint density at radius 3 is 2.57 bits per heavy atom. The fourth-order valence-electron chi connectivity index (χ4n) is 1.89. The van der Waals surface area contributed by atoms with Crippen LogP contribution in [-0.2, 0) is 11.2 Å². The number of amides is 1. The first-order chi connectivity index (χ1) is 9.90. The van der Waals surface area contributed by atoms with E-state index in [1.165, 1.54) is 12.1 Å². The van der Waals surface area contributed by atoms with Gasteiger partial charge in [0, 0.05) is 6.04 Å². The van der Waals surface area contributed by atoms with Gasteiger partial charge in [0.2, 0.25) is 0 Å². The van der Waals surface area contributed by atoms with Crippen molar-refractivity contribution in [2.45, 2.75) is 32.7 Å². The number of para-hydroxylation sites is 1. The van der Waals surface area contributed by atoms with Crippen molar-refractivity contribution in [3.8, 4) is 5.75 Å². The molecule has 1 rings (SSSR count). The molecule has 0 aliphatic rings. The minimum atomic E-state index is -1.22. The predicted molar refractivity (Wildman–Crippen MR) is 75.9 cm³/mol. The van der Waals surface area contributed by atoms with Crippen LogP contribution in [0, 0.1) is 0 Å². The second kappa shape index (κ2) is 7.28. The number of rotatable bonds is 6. The number of oxime groups is 1. The van der Waals surface area contributed by atoms with E-state index in [-0.39, 0.29) is 35.9 Å². The summed E-state index contributed by atoms with van der Waals surface area (Å²) in [6.07, 6.45) is 0.538. The summed E-state index contributed by atoms with van der Waals surface area (Å²) in [5.74, 6) is -2.02. The number of nitrogens with one attached hydrogen (secondary N) is 1. The van der Waals surface area contributed by atoms with E-state index in [4.69, 9.17) is 10.3 Å². The Hall–Kier alpha value is -2.57. The molecule has 0 saturated carbocycles. The molecule has 1 atom stereocenters. The molecule has 0 unspecified atom stereocenters. The SMILES string of the molecule is CC/C(=N/O)C(=O)N[C@H](C)Cc1cccc(C(=O)O)c1O. The average molecular weight is 294 g/mol. The summed E-state index contributed by atoms with van der Waals surface area (Å²) in [4.78, 5) is 22.6. The maximum absolute atomic E-state index is 11.7. The number of aromatic carboxylic acids is 1. The van der Waals surface area contributed by atoms with Gasteiger partial charge in [-0.15, -0.1) is 0 Å². The third kappa shape index (κ3) is 4.20. The zero-order chi connectivity index (χ0) is 16.0. The normalized spacial score (nSPS) is 12.8. The molecule has 1 aromatic carbocycles. The fourth-order valence-corrected chi connectivity index (χ4v) is 1.89. The molecule has 0 saturated heterocycles. The van der Waals surface area contributed by atoms with Gasteiger partial charge in [-0.1, -0.05) is 24.2 Å². The van der Waals surface area contributed by atoms with E-state index in [1.54, 1.807) is 19.9 Å². The lowest BCUT2D eigenvalue weighted by Gasteiger charge is -2.15. The van der Waals surface area contributed by atoms with Crippen molar-refractivity contribution < 1.29 is 25.0 Å². The Labute approximate surface area is 121 Å². The zero-order valence-corrected chi connectivity index (χ0v) is 11.8. The number of carboxylic acids is 1. The van der Waals surface area contributed by atoms with Gasteiger partial charge in [-0.3, -0.25) is 4.79 Å². The van der Waals surface area contributed by atoms with E-state index >= 15 is 0 Å². The number of aromatic hydroxyl groups is 1. The molecular formula is C14H18N2O5. The Balaban J connectivity index is 2.80. The number of phenols is 1. The predicted octanol–water partition coefficient (Wildman–Crippen LogP) is 1.38. The highest BCUT2D eigenvalue weighted by atomic mass is 16.4. The molecule has 0 aromatic heterocycles. The van der Waals surface area contributed by atoms with Crippen molar-refractivity contribution in [3.63, 3.8) is 0 Å². The summed E-state index contributed by atoms with van der Waals surface area (Å²) < 4.78 is 0. The van der Waals surface area contributed by atoms with Gasteiger partial charge in [0.05, 0.1) is 0 Å². The van der Waals surface area contributed by atoms with Crippen LogP contribution < -0.4 is 5.32 Å². The van der Waals surface area contributed by atoms with E-state index in [9.17, 15) is 14.7 Å². The lowest BCUT2D eigenvalue weighted by molar-refractivity contribution is -0.115. The summed E-state index contributed by atoms with van der Waals surface area (Å²) in [6, 6.07) is 4.05. The third-order valence-electron chi connectivity index (χ3n) is 2.97. The van der Waals surface area contributed by atoms with Gasteiger partial charge >= 0.3 is 5.97 Å². The van der Waals surface area contributed by atoms with E-state index in [0.29, 0.717) is 5.56 Å². The monoisotopic (exact) mass is 294 g/mol. The van der Waals surface area contributed by atoms with Crippen molar-refractivity contribution in [3.05, 3.63) is 29.3 Å². The molecule has 0 fully saturated rings. The summed E-state index contributed by atoms with van der Waals surface area (Å²) in [6.45, 7) is 3.39. The molecule has 0 aliphatic carbocycles. The van der Waals surface area contributed by atoms with E-state index in [0.717, 1.165) is 0 Å². The van der Waals surface area contributed by atoms with Gasteiger partial charge in [0.15, 0.2) is 0 Å². The second-order valence-electron chi connectivity index (χ2n) is 4.60. The largest absolute Gasteiger partial charge is 0.507 e. The third-order valence-corrected chi connectivity index (χ3v) is 2.97. The van der Waals surface area contributed by atoms with Crippen molar-refractivity contribution in [2.24, 2.45) is 5.16 Å². The molecule has 0 bridgehead atoms. The molecule has 114 valence electrons. The molecule has 7 heteroatoms. The summed E-state index contributed by atoms with van der Waals surface area (Å²) >= 11 is 0. The number of benzene rings is 1. The molecule has 1 amide bonds. The number of hydrogen-bond acceptors (Lipinski definition) is 5. The van der Waals surface area contributed by atoms with E-state index in [1.807, 2.05) is 0 Å². The van der Waals surface area contributed by atoms with Gasteiger partial charge in [0.25, 0.3) is 5.91 Å². The Bertz CT molecular complexity index is 568. The lowest BCUT2D eigenvalue weighted by Crippen LogP contribution is -2.38. The molecule has 0 radical (unpaired) electrons. The molecule has 0 heterocycles. The van der Waals surface area contributed by atoms with Crippen LogP contribution in [0.15, 0.2) is 23.4 Å². The first-order valence-corrected chi connectivity index (χ1v) is 6.46. The van der Waals surface area contributed by atoms with Gasteiger partial charge in [-0.05, 0) is 31.4 Å².